The van der Waals surface area contributed by atoms with Crippen LogP contribution in [-0.2, 0) is 14.3 Å². The topological polar surface area (TPSA) is 111 Å². The zero-order valence-corrected chi connectivity index (χ0v) is 11.3. The van der Waals surface area contributed by atoms with Crippen LogP contribution in [0, 0.1) is 0 Å². The molecule has 2 amide bonds. The average molecular weight is 286 g/mol. The van der Waals surface area contributed by atoms with Crippen LogP contribution in [-0.4, -0.2) is 60.6 Å². The van der Waals surface area contributed by atoms with Crippen LogP contribution < -0.4 is 16.8 Å². The lowest BCUT2D eigenvalue weighted by molar-refractivity contribution is -0.117. The summed E-state index contributed by atoms with van der Waals surface area (Å²) >= 11 is 4.79. The Morgan fingerprint density at radius 1 is 1.42 bits per heavy atom. The number of thiocarbonyl (C=S) groups is 1. The lowest BCUT2D eigenvalue weighted by atomic mass is 10.3. The van der Waals surface area contributed by atoms with Gasteiger partial charge < -0.3 is 21.5 Å². The fourth-order valence-electron chi connectivity index (χ4n) is 1.46. The van der Waals surface area contributed by atoms with E-state index in [1.54, 1.807) is 6.08 Å². The minimum Gasteiger partial charge on any atom is -0.379 e. The summed E-state index contributed by atoms with van der Waals surface area (Å²) in [5, 5.41) is 2.34. The molecule has 0 aliphatic carbocycles. The molecule has 1 aliphatic heterocycles. The number of amides is 2. The molecule has 1 rings (SSSR count). The number of ether oxygens (including phenoxy) is 1. The molecule has 1 aliphatic rings. The van der Waals surface area contributed by atoms with Crippen LogP contribution >= 0.6 is 12.2 Å². The molecule has 106 valence electrons. The minimum absolute atomic E-state index is 0.0754. The highest BCUT2D eigenvalue weighted by molar-refractivity contribution is 7.80. The standard InChI is InChI=1S/C11H18N4O3S/c12-9(10(13)17)11(19)14-8(16)2-1-3-15-4-6-18-7-5-15/h1-2,9H,3-7,12H2,(H2,13,17)(H,14,16,19)/b2-1+. The van der Waals surface area contributed by atoms with Crippen molar-refractivity contribution in [3.05, 3.63) is 12.2 Å². The maximum absolute atomic E-state index is 11.5. The minimum atomic E-state index is -1.15. The molecule has 19 heavy (non-hydrogen) atoms. The van der Waals surface area contributed by atoms with Crippen molar-refractivity contribution in [3.8, 4) is 0 Å². The van der Waals surface area contributed by atoms with E-state index in [-0.39, 0.29) is 4.99 Å². The van der Waals surface area contributed by atoms with Crippen LogP contribution in [0.15, 0.2) is 12.2 Å². The number of primary amides is 1. The second-order valence-corrected chi connectivity index (χ2v) is 4.49. The molecule has 1 unspecified atom stereocenters. The second kappa shape index (κ2) is 7.95. The zero-order valence-electron chi connectivity index (χ0n) is 10.5. The summed E-state index contributed by atoms with van der Waals surface area (Å²) in [7, 11) is 0. The first-order valence-electron chi connectivity index (χ1n) is 5.87. The molecule has 7 nitrogen and oxygen atoms in total. The predicted molar refractivity (Wildman–Crippen MR) is 74.3 cm³/mol. The van der Waals surface area contributed by atoms with Gasteiger partial charge in [0.05, 0.1) is 13.2 Å². The fourth-order valence-corrected chi connectivity index (χ4v) is 1.68. The number of rotatable bonds is 5. The highest BCUT2D eigenvalue weighted by Crippen LogP contribution is 1.96. The number of hydrogen-bond acceptors (Lipinski definition) is 6. The zero-order chi connectivity index (χ0) is 14.3. The maximum Gasteiger partial charge on any atom is 0.248 e. The van der Waals surface area contributed by atoms with Gasteiger partial charge in [0.1, 0.15) is 11.0 Å². The lowest BCUT2D eigenvalue weighted by Gasteiger charge is -2.25. The Balaban J connectivity index is 2.30. The van der Waals surface area contributed by atoms with E-state index in [1.807, 2.05) is 0 Å². The Bertz CT molecular complexity index is 380. The van der Waals surface area contributed by atoms with Gasteiger partial charge >= 0.3 is 0 Å². The van der Waals surface area contributed by atoms with Gasteiger partial charge in [0, 0.05) is 25.7 Å². The molecular formula is C11H18N4O3S. The Hall–Kier alpha value is -1.35. The monoisotopic (exact) mass is 286 g/mol. The third kappa shape index (κ3) is 5.88. The van der Waals surface area contributed by atoms with Gasteiger partial charge in [0.15, 0.2) is 0 Å². The van der Waals surface area contributed by atoms with Crippen molar-refractivity contribution in [2.24, 2.45) is 11.5 Å². The van der Waals surface area contributed by atoms with Crippen LogP contribution in [0.2, 0.25) is 0 Å². The quantitative estimate of drug-likeness (QED) is 0.403. The molecule has 0 aromatic heterocycles. The van der Waals surface area contributed by atoms with Crippen molar-refractivity contribution in [2.75, 3.05) is 32.8 Å². The molecule has 0 aromatic rings. The van der Waals surface area contributed by atoms with E-state index >= 15 is 0 Å². The smallest absolute Gasteiger partial charge is 0.248 e. The van der Waals surface area contributed by atoms with Crippen LogP contribution in [0.5, 0.6) is 0 Å². The summed E-state index contributed by atoms with van der Waals surface area (Å²) < 4.78 is 5.21. The number of nitrogens with one attached hydrogen (secondary N) is 1. The molecule has 1 saturated heterocycles. The number of morpholine rings is 1. The number of hydrogen-bond donors (Lipinski definition) is 3. The van der Waals surface area contributed by atoms with Crippen LogP contribution in [0.1, 0.15) is 0 Å². The predicted octanol–water partition coefficient (Wildman–Crippen LogP) is -1.87. The van der Waals surface area contributed by atoms with Crippen LogP contribution in [0.25, 0.3) is 0 Å². The third-order valence-electron chi connectivity index (χ3n) is 2.57. The number of nitrogens with zero attached hydrogens (tertiary/aromatic N) is 1. The van der Waals surface area contributed by atoms with E-state index in [0.717, 1.165) is 13.1 Å². The summed E-state index contributed by atoms with van der Waals surface area (Å²) in [4.78, 5) is 24.3. The Labute approximate surface area is 116 Å². The lowest BCUT2D eigenvalue weighted by Crippen LogP contribution is -2.49. The molecule has 1 fully saturated rings. The molecule has 0 spiro atoms. The van der Waals surface area contributed by atoms with E-state index in [2.05, 4.69) is 10.2 Å². The molecule has 1 heterocycles. The van der Waals surface area contributed by atoms with Gasteiger partial charge in [0.25, 0.3) is 0 Å². The number of carbonyl (C=O) groups is 2. The molecule has 0 aromatic carbocycles. The van der Waals surface area contributed by atoms with Gasteiger partial charge in [-0.1, -0.05) is 18.3 Å². The molecule has 8 heteroatoms. The first-order valence-corrected chi connectivity index (χ1v) is 6.28. The number of nitrogens with two attached hydrogens (primary N) is 2. The Kier molecular flexibility index (Phi) is 6.57. The molecule has 0 bridgehead atoms. The van der Waals surface area contributed by atoms with E-state index < -0.39 is 17.9 Å². The van der Waals surface area contributed by atoms with Crippen molar-refractivity contribution in [1.29, 1.82) is 0 Å². The average Bonchev–Trinajstić information content (AvgIpc) is 2.38. The van der Waals surface area contributed by atoms with E-state index in [0.29, 0.717) is 19.8 Å². The van der Waals surface area contributed by atoms with Gasteiger partial charge in [-0.25, -0.2) is 0 Å². The first-order chi connectivity index (χ1) is 9.00. The van der Waals surface area contributed by atoms with Crippen molar-refractivity contribution in [3.63, 3.8) is 0 Å². The van der Waals surface area contributed by atoms with Crippen molar-refractivity contribution in [1.82, 2.24) is 10.2 Å². The summed E-state index contributed by atoms with van der Waals surface area (Å²) in [6.07, 6.45) is 3.08. The van der Waals surface area contributed by atoms with Crippen LogP contribution in [0.3, 0.4) is 0 Å². The van der Waals surface area contributed by atoms with Gasteiger partial charge in [0.2, 0.25) is 11.8 Å². The second-order valence-electron chi connectivity index (χ2n) is 4.05. The van der Waals surface area contributed by atoms with Gasteiger partial charge in [-0.05, 0) is 0 Å². The molecule has 0 saturated carbocycles. The number of carbonyl (C=O) groups excluding carboxylic acids is 2. The van der Waals surface area contributed by atoms with Gasteiger partial charge in [-0.2, -0.15) is 0 Å². The Morgan fingerprint density at radius 3 is 2.63 bits per heavy atom. The van der Waals surface area contributed by atoms with Gasteiger partial charge in [-0.3, -0.25) is 14.5 Å². The Morgan fingerprint density at radius 2 is 2.05 bits per heavy atom. The first kappa shape index (κ1) is 15.7. The highest BCUT2D eigenvalue weighted by atomic mass is 32.1. The SMILES string of the molecule is NC(=O)C(N)C(=S)NC(=O)/C=C/CN1CCOCC1. The molecule has 1 atom stereocenters. The summed E-state index contributed by atoms with van der Waals surface area (Å²) in [5.74, 6) is -1.20. The van der Waals surface area contributed by atoms with E-state index in [4.69, 9.17) is 28.4 Å². The largest absolute Gasteiger partial charge is 0.379 e. The summed E-state index contributed by atoms with van der Waals surface area (Å²) in [5.41, 5.74) is 10.3. The van der Waals surface area contributed by atoms with Crippen molar-refractivity contribution >= 4 is 29.0 Å². The normalized spacial score (nSPS) is 18.2. The van der Waals surface area contributed by atoms with Crippen LogP contribution in [0.4, 0.5) is 0 Å². The summed E-state index contributed by atoms with van der Waals surface area (Å²) in [6.45, 7) is 3.76. The van der Waals surface area contributed by atoms with Crippen molar-refractivity contribution in [2.45, 2.75) is 6.04 Å². The molecular weight excluding hydrogens is 268 g/mol. The van der Waals surface area contributed by atoms with E-state index in [1.165, 1.54) is 6.08 Å². The maximum atomic E-state index is 11.5. The van der Waals surface area contributed by atoms with E-state index in [9.17, 15) is 9.59 Å². The summed E-state index contributed by atoms with van der Waals surface area (Å²) in [6, 6.07) is -1.15. The fraction of sp³-hybridized carbons (Fsp3) is 0.545. The van der Waals surface area contributed by atoms with Crippen molar-refractivity contribution < 1.29 is 14.3 Å². The highest BCUT2D eigenvalue weighted by Gasteiger charge is 2.16. The third-order valence-corrected chi connectivity index (χ3v) is 2.93. The van der Waals surface area contributed by atoms with Gasteiger partial charge in [-0.15, -0.1) is 0 Å². The molecule has 0 radical (unpaired) electrons. The molecule has 5 N–H and O–H groups in total.